The van der Waals surface area contributed by atoms with Gasteiger partial charge in [-0.2, -0.15) is 5.10 Å². The second-order valence-electron chi connectivity index (χ2n) is 5.60. The van der Waals surface area contributed by atoms with Crippen LogP contribution in [0.2, 0.25) is 0 Å². The van der Waals surface area contributed by atoms with Crippen LogP contribution in [0.1, 0.15) is 27.7 Å². The van der Waals surface area contributed by atoms with Crippen LogP contribution in [0.25, 0.3) is 0 Å². The van der Waals surface area contributed by atoms with Crippen molar-refractivity contribution < 1.29 is 9.31 Å². The average Bonchev–Trinajstić information content (AvgIpc) is 2.57. The molecule has 88 valence electrons. The van der Waals surface area contributed by atoms with E-state index in [0.717, 1.165) is 5.46 Å². The van der Waals surface area contributed by atoms with E-state index in [1.165, 1.54) is 0 Å². The van der Waals surface area contributed by atoms with Gasteiger partial charge in [0.15, 0.2) is 0 Å². The van der Waals surface area contributed by atoms with Crippen molar-refractivity contribution in [2.24, 2.45) is 12.5 Å². The first kappa shape index (κ1) is 11.7. The fourth-order valence-electron chi connectivity index (χ4n) is 1.65. The predicted molar refractivity (Wildman–Crippen MR) is 63.5 cm³/mol. The van der Waals surface area contributed by atoms with Crippen LogP contribution in [-0.4, -0.2) is 29.1 Å². The van der Waals surface area contributed by atoms with Gasteiger partial charge in [0.2, 0.25) is 0 Å². The van der Waals surface area contributed by atoms with Gasteiger partial charge in [-0.25, -0.2) is 0 Å². The fourth-order valence-corrected chi connectivity index (χ4v) is 1.65. The predicted octanol–water partition coefficient (Wildman–Crippen LogP) is 0.967. The molecule has 0 atom stereocenters. The molecule has 1 aliphatic heterocycles. The zero-order valence-electron chi connectivity index (χ0n) is 10.7. The number of hydrogen-bond acceptors (Lipinski definition) is 3. The number of aromatic nitrogens is 2. The van der Waals surface area contributed by atoms with Gasteiger partial charge in [-0.15, -0.1) is 0 Å². The van der Waals surface area contributed by atoms with Gasteiger partial charge in [-0.3, -0.25) is 4.68 Å². The number of aryl methyl sites for hydroxylation is 1. The van der Waals surface area contributed by atoms with Crippen molar-refractivity contribution in [3.05, 3.63) is 12.4 Å². The highest BCUT2D eigenvalue weighted by atomic mass is 16.6. The lowest BCUT2D eigenvalue weighted by Crippen LogP contribution is -2.57. The van der Waals surface area contributed by atoms with Gasteiger partial charge in [0, 0.05) is 36.9 Å². The Morgan fingerprint density at radius 2 is 2.06 bits per heavy atom. The summed E-state index contributed by atoms with van der Waals surface area (Å²) >= 11 is 0. The van der Waals surface area contributed by atoms with Crippen LogP contribution in [0.3, 0.4) is 0 Å². The van der Waals surface area contributed by atoms with E-state index < -0.39 is 0 Å². The minimum absolute atomic E-state index is 0.0196. The van der Waals surface area contributed by atoms with Crippen molar-refractivity contribution in [2.45, 2.75) is 33.3 Å². The van der Waals surface area contributed by atoms with Crippen LogP contribution < -0.4 is 5.46 Å². The van der Waals surface area contributed by atoms with Gasteiger partial charge < -0.3 is 9.31 Å². The van der Waals surface area contributed by atoms with Crippen molar-refractivity contribution in [3.63, 3.8) is 0 Å². The minimum Gasteiger partial charge on any atom is -0.407 e. The molecule has 0 saturated carbocycles. The van der Waals surface area contributed by atoms with Gasteiger partial charge in [-0.05, 0) is 13.8 Å². The van der Waals surface area contributed by atoms with E-state index in [2.05, 4.69) is 32.8 Å². The second kappa shape index (κ2) is 3.60. The molecule has 5 heteroatoms. The van der Waals surface area contributed by atoms with Crippen molar-refractivity contribution in [3.8, 4) is 0 Å². The summed E-state index contributed by atoms with van der Waals surface area (Å²) in [4.78, 5) is 0. The summed E-state index contributed by atoms with van der Waals surface area (Å²) in [5, 5.41) is 4.13. The Morgan fingerprint density at radius 3 is 2.56 bits per heavy atom. The number of nitrogens with zero attached hydrogens (tertiary/aromatic N) is 2. The molecule has 1 fully saturated rings. The molecule has 1 aromatic rings. The Hall–Kier alpha value is -0.805. The smallest absolute Gasteiger partial charge is 0.407 e. The lowest BCUT2D eigenvalue weighted by Gasteiger charge is -2.47. The first-order valence-corrected chi connectivity index (χ1v) is 5.60. The maximum atomic E-state index is 6.01. The fraction of sp³-hybridized carbons (Fsp3) is 0.727. The average molecular weight is 222 g/mol. The Kier molecular flexibility index (Phi) is 2.63. The van der Waals surface area contributed by atoms with Crippen LogP contribution in [0.15, 0.2) is 12.4 Å². The zero-order valence-corrected chi connectivity index (χ0v) is 10.7. The molecular formula is C11H19BN2O2. The maximum absolute atomic E-state index is 6.01. The van der Waals surface area contributed by atoms with E-state index in [-0.39, 0.29) is 18.1 Å². The zero-order chi connectivity index (χ0) is 12.0. The molecule has 0 amide bonds. The molecule has 0 aromatic carbocycles. The molecule has 2 rings (SSSR count). The summed E-state index contributed by atoms with van der Waals surface area (Å²) in [6, 6.07) is 0. The van der Waals surface area contributed by atoms with E-state index in [1.54, 1.807) is 10.9 Å². The molecule has 0 unspecified atom stereocenters. The first-order chi connectivity index (χ1) is 7.32. The highest BCUT2D eigenvalue weighted by Crippen LogP contribution is 2.37. The SMILES string of the molecule is Cn1cc(B2OCC(C)(C)C(C)(C)O2)cn1. The molecular weight excluding hydrogens is 203 g/mol. The van der Waals surface area contributed by atoms with Crippen molar-refractivity contribution in [1.29, 1.82) is 0 Å². The Labute approximate surface area is 97.1 Å². The summed E-state index contributed by atoms with van der Waals surface area (Å²) in [7, 11) is 1.60. The minimum atomic E-state index is -0.295. The molecule has 16 heavy (non-hydrogen) atoms. The normalized spacial score (nSPS) is 23.4. The number of hydrogen-bond donors (Lipinski definition) is 0. The number of rotatable bonds is 1. The lowest BCUT2D eigenvalue weighted by molar-refractivity contribution is -0.0937. The molecule has 1 aliphatic rings. The van der Waals surface area contributed by atoms with Crippen LogP contribution >= 0.6 is 0 Å². The van der Waals surface area contributed by atoms with E-state index >= 15 is 0 Å². The Balaban J connectivity index is 2.17. The van der Waals surface area contributed by atoms with Crippen molar-refractivity contribution >= 4 is 12.6 Å². The van der Waals surface area contributed by atoms with E-state index in [4.69, 9.17) is 9.31 Å². The summed E-state index contributed by atoms with van der Waals surface area (Å²) < 4.78 is 13.5. The van der Waals surface area contributed by atoms with Crippen LogP contribution in [0.5, 0.6) is 0 Å². The third-order valence-electron chi connectivity index (χ3n) is 3.62. The van der Waals surface area contributed by atoms with Crippen LogP contribution in [0.4, 0.5) is 0 Å². The van der Waals surface area contributed by atoms with Gasteiger partial charge in [0.1, 0.15) is 0 Å². The molecule has 0 bridgehead atoms. The molecule has 4 nitrogen and oxygen atoms in total. The van der Waals surface area contributed by atoms with Gasteiger partial charge in [-0.1, -0.05) is 13.8 Å². The van der Waals surface area contributed by atoms with Crippen LogP contribution in [-0.2, 0) is 16.4 Å². The molecule has 0 N–H and O–H groups in total. The monoisotopic (exact) mass is 222 g/mol. The summed E-state index contributed by atoms with van der Waals surface area (Å²) in [6.07, 6.45) is 3.72. The highest BCUT2D eigenvalue weighted by Gasteiger charge is 2.47. The second-order valence-corrected chi connectivity index (χ2v) is 5.60. The molecule has 2 heterocycles. The summed E-state index contributed by atoms with van der Waals surface area (Å²) in [5.74, 6) is 0. The molecule has 0 radical (unpaired) electrons. The first-order valence-electron chi connectivity index (χ1n) is 5.60. The third kappa shape index (κ3) is 1.89. The van der Waals surface area contributed by atoms with E-state index in [1.807, 2.05) is 13.2 Å². The Bertz CT molecular complexity index is 387. The summed E-state index contributed by atoms with van der Waals surface area (Å²) in [6.45, 7) is 9.23. The largest absolute Gasteiger partial charge is 0.497 e. The lowest BCUT2D eigenvalue weighted by atomic mass is 9.70. The van der Waals surface area contributed by atoms with Gasteiger partial charge in [0.25, 0.3) is 0 Å². The Morgan fingerprint density at radius 1 is 1.38 bits per heavy atom. The van der Waals surface area contributed by atoms with Gasteiger partial charge in [0.05, 0.1) is 5.60 Å². The molecule has 0 spiro atoms. The quantitative estimate of drug-likeness (QED) is 0.664. The molecule has 1 saturated heterocycles. The van der Waals surface area contributed by atoms with Gasteiger partial charge >= 0.3 is 7.12 Å². The standard InChI is InChI=1S/C11H19BN2O2/c1-10(2)8-15-12(16-11(10,3)4)9-6-13-14(5)7-9/h6-7H,8H2,1-5H3. The summed E-state index contributed by atoms with van der Waals surface area (Å²) in [5.41, 5.74) is 0.795. The topological polar surface area (TPSA) is 36.3 Å². The maximum Gasteiger partial charge on any atom is 0.497 e. The van der Waals surface area contributed by atoms with Crippen LogP contribution in [0, 0.1) is 5.41 Å². The van der Waals surface area contributed by atoms with E-state index in [9.17, 15) is 0 Å². The van der Waals surface area contributed by atoms with Crippen molar-refractivity contribution in [1.82, 2.24) is 9.78 Å². The third-order valence-corrected chi connectivity index (χ3v) is 3.62. The molecule has 1 aromatic heterocycles. The molecule has 0 aliphatic carbocycles. The van der Waals surface area contributed by atoms with Crippen molar-refractivity contribution in [2.75, 3.05) is 6.61 Å². The van der Waals surface area contributed by atoms with E-state index in [0.29, 0.717) is 6.61 Å². The highest BCUT2D eigenvalue weighted by molar-refractivity contribution is 6.61.